The van der Waals surface area contributed by atoms with Crippen LogP contribution in [0, 0.1) is 28.6 Å². The van der Waals surface area contributed by atoms with Gasteiger partial charge in [-0.3, -0.25) is 4.79 Å². The summed E-state index contributed by atoms with van der Waals surface area (Å²) in [6.07, 6.45) is 12.9. The molecule has 0 spiro atoms. The number of carbonyl (C=O) groups is 2. The van der Waals surface area contributed by atoms with E-state index in [4.69, 9.17) is 9.94 Å². The van der Waals surface area contributed by atoms with Crippen LogP contribution in [0.2, 0.25) is 0 Å². The minimum atomic E-state index is -0.979. The number of aliphatic hydroxyl groups is 1. The maximum Gasteiger partial charge on any atom is 0.335 e. The number of carboxylic acid groups (broad SMARTS) is 1. The van der Waals surface area contributed by atoms with Gasteiger partial charge in [0.05, 0.1) is 11.2 Å². The summed E-state index contributed by atoms with van der Waals surface area (Å²) in [7, 11) is 0. The second-order valence-corrected chi connectivity index (χ2v) is 12.0. The van der Waals surface area contributed by atoms with Gasteiger partial charge < -0.3 is 20.4 Å². The largest absolute Gasteiger partial charge is 0.478 e. The van der Waals surface area contributed by atoms with Crippen LogP contribution in [0.25, 0.3) is 0 Å². The molecule has 0 bridgehead atoms. The highest BCUT2D eigenvalue weighted by molar-refractivity contribution is 6.05. The van der Waals surface area contributed by atoms with Crippen LogP contribution in [0.4, 0.5) is 0 Å². The molecular weight excluding hydrogens is 468 g/mol. The highest BCUT2D eigenvalue weighted by atomic mass is 16.6. The molecule has 0 saturated heterocycles. The van der Waals surface area contributed by atoms with Crippen LogP contribution in [-0.4, -0.2) is 40.0 Å². The van der Waals surface area contributed by atoms with Crippen molar-refractivity contribution in [3.05, 3.63) is 59.2 Å². The topological polar surface area (TPSA) is 108 Å². The number of nitrogens with one attached hydrogen (secondary N) is 1. The molecule has 4 aliphatic carbocycles. The zero-order valence-electron chi connectivity index (χ0n) is 22.0. The molecule has 0 radical (unpaired) electrons. The Morgan fingerprint density at radius 1 is 1.08 bits per heavy atom. The number of rotatable bonds is 6. The molecule has 0 aromatic heterocycles. The van der Waals surface area contributed by atoms with E-state index in [0.29, 0.717) is 24.3 Å². The first-order valence-electron chi connectivity index (χ1n) is 13.4. The Labute approximate surface area is 218 Å². The standard InChI is InChI=1S/C30H38N2O5/c1-28-13-10-22(32-37-18-26(33)31-17-19-4-6-20(7-5-19)27(34)35)16-21(28)8-9-23-24(28)11-14-29(2)25(23)12-15-30(29,3)36/h4-7,10,13,16,23-25,36H,8-9,11-12,14-15,17-18H2,1-3H3,(H,31,33)(H,34,35)/t23-,24-,25-,28+,29+,30+/m1/s1. The molecule has 1 aromatic carbocycles. The molecule has 7 heteroatoms. The summed E-state index contributed by atoms with van der Waals surface area (Å²) in [5, 5.41) is 27.1. The maximum absolute atomic E-state index is 12.2. The van der Waals surface area contributed by atoms with Gasteiger partial charge in [-0.25, -0.2) is 4.79 Å². The number of carbonyl (C=O) groups excluding carboxylic acids is 1. The molecule has 0 unspecified atom stereocenters. The van der Waals surface area contributed by atoms with E-state index in [1.807, 2.05) is 13.0 Å². The Morgan fingerprint density at radius 2 is 1.81 bits per heavy atom. The summed E-state index contributed by atoms with van der Waals surface area (Å²) in [6.45, 7) is 6.83. The lowest BCUT2D eigenvalue weighted by molar-refractivity contribution is -0.125. The highest BCUT2D eigenvalue weighted by Gasteiger charge is 2.61. The fourth-order valence-corrected chi connectivity index (χ4v) is 7.69. The van der Waals surface area contributed by atoms with E-state index in [9.17, 15) is 14.7 Å². The summed E-state index contributed by atoms with van der Waals surface area (Å²) >= 11 is 0. The Bertz CT molecular complexity index is 1170. The van der Waals surface area contributed by atoms with Crippen molar-refractivity contribution >= 4 is 17.6 Å². The van der Waals surface area contributed by atoms with E-state index in [0.717, 1.165) is 49.8 Å². The zero-order valence-corrected chi connectivity index (χ0v) is 22.0. The monoisotopic (exact) mass is 506 g/mol. The second-order valence-electron chi connectivity index (χ2n) is 12.0. The van der Waals surface area contributed by atoms with Crippen LogP contribution in [0.1, 0.15) is 75.2 Å². The summed E-state index contributed by atoms with van der Waals surface area (Å²) in [5.41, 5.74) is 2.61. The van der Waals surface area contributed by atoms with Crippen LogP contribution < -0.4 is 5.32 Å². The number of hydrogen-bond acceptors (Lipinski definition) is 5. The number of hydrogen-bond donors (Lipinski definition) is 3. The smallest absolute Gasteiger partial charge is 0.335 e. The van der Waals surface area contributed by atoms with Crippen molar-refractivity contribution < 1.29 is 24.6 Å². The van der Waals surface area contributed by atoms with Crippen LogP contribution in [0.3, 0.4) is 0 Å². The molecule has 1 amide bonds. The number of benzene rings is 1. The number of fused-ring (bicyclic) bond motifs is 5. The molecule has 3 fully saturated rings. The quantitative estimate of drug-likeness (QED) is 0.478. The number of carboxylic acids is 1. The molecule has 3 saturated carbocycles. The van der Waals surface area contributed by atoms with Gasteiger partial charge in [0.1, 0.15) is 5.71 Å². The third-order valence-corrected chi connectivity index (χ3v) is 10.2. The van der Waals surface area contributed by atoms with Gasteiger partial charge in [-0.2, -0.15) is 0 Å². The van der Waals surface area contributed by atoms with Crippen molar-refractivity contribution in [2.75, 3.05) is 6.61 Å². The molecular formula is C30H38N2O5. The molecule has 7 nitrogen and oxygen atoms in total. The minimum Gasteiger partial charge on any atom is -0.478 e. The maximum atomic E-state index is 12.2. The average molecular weight is 507 g/mol. The lowest BCUT2D eigenvalue weighted by Gasteiger charge is -2.58. The van der Waals surface area contributed by atoms with E-state index >= 15 is 0 Å². The fourth-order valence-electron chi connectivity index (χ4n) is 7.69. The van der Waals surface area contributed by atoms with Gasteiger partial charge in [-0.15, -0.1) is 0 Å². The summed E-state index contributed by atoms with van der Waals surface area (Å²) in [5.74, 6) is 0.530. The van der Waals surface area contributed by atoms with Gasteiger partial charge in [0.25, 0.3) is 5.91 Å². The Balaban J connectivity index is 1.17. The lowest BCUT2D eigenvalue weighted by atomic mass is 9.47. The van der Waals surface area contributed by atoms with Gasteiger partial charge in [-0.05, 0) is 98.5 Å². The lowest BCUT2D eigenvalue weighted by Crippen LogP contribution is -2.53. The van der Waals surface area contributed by atoms with E-state index in [1.165, 1.54) is 17.7 Å². The molecule has 3 N–H and O–H groups in total. The van der Waals surface area contributed by atoms with Crippen molar-refractivity contribution in [3.63, 3.8) is 0 Å². The minimum absolute atomic E-state index is 0.00523. The summed E-state index contributed by atoms with van der Waals surface area (Å²) in [6, 6.07) is 6.38. The molecule has 0 heterocycles. The highest BCUT2D eigenvalue weighted by Crippen LogP contribution is 2.66. The molecule has 1 aromatic rings. The summed E-state index contributed by atoms with van der Waals surface area (Å²) in [4.78, 5) is 28.5. The number of allylic oxidation sites excluding steroid dienone is 4. The first-order valence-corrected chi connectivity index (χ1v) is 13.4. The van der Waals surface area contributed by atoms with Crippen LogP contribution in [0.5, 0.6) is 0 Å². The number of aromatic carboxylic acids is 1. The Hall–Kier alpha value is -2.93. The first-order chi connectivity index (χ1) is 17.5. The Kier molecular flexibility index (Phi) is 6.55. The van der Waals surface area contributed by atoms with Crippen molar-refractivity contribution in [3.8, 4) is 0 Å². The van der Waals surface area contributed by atoms with E-state index in [2.05, 4.69) is 36.5 Å². The van der Waals surface area contributed by atoms with Crippen LogP contribution in [0.15, 0.2) is 53.2 Å². The zero-order chi connectivity index (χ0) is 26.4. The molecule has 198 valence electrons. The number of nitrogens with zero attached hydrogens (tertiary/aromatic N) is 1. The van der Waals surface area contributed by atoms with Gasteiger partial charge in [0, 0.05) is 12.0 Å². The average Bonchev–Trinajstić information content (AvgIpc) is 3.11. The fraction of sp³-hybridized carbons (Fsp3) is 0.567. The SMILES string of the molecule is C[C@]12C=CC(=NOCC(=O)NCc3ccc(C(=O)O)cc3)C=C1CC[C@@H]1[C@H]2CC[C@@]2(C)[C@@H]1CC[C@]2(C)O. The predicted octanol–water partition coefficient (Wildman–Crippen LogP) is 4.86. The number of oxime groups is 1. The van der Waals surface area contributed by atoms with Crippen molar-refractivity contribution in [1.29, 1.82) is 0 Å². The van der Waals surface area contributed by atoms with Crippen LogP contribution in [-0.2, 0) is 16.2 Å². The number of amides is 1. The van der Waals surface area contributed by atoms with Crippen molar-refractivity contribution in [2.45, 2.75) is 71.4 Å². The second kappa shape index (κ2) is 9.43. The molecule has 0 aliphatic heterocycles. The molecule has 37 heavy (non-hydrogen) atoms. The van der Waals surface area contributed by atoms with Gasteiger partial charge >= 0.3 is 5.97 Å². The predicted molar refractivity (Wildman–Crippen MR) is 141 cm³/mol. The first kappa shape index (κ1) is 25.7. The van der Waals surface area contributed by atoms with Gasteiger partial charge in [-0.1, -0.05) is 42.8 Å². The van der Waals surface area contributed by atoms with E-state index in [-0.39, 0.29) is 28.9 Å². The van der Waals surface area contributed by atoms with E-state index < -0.39 is 11.6 Å². The molecule has 6 atom stereocenters. The van der Waals surface area contributed by atoms with Crippen molar-refractivity contribution in [2.24, 2.45) is 33.7 Å². The van der Waals surface area contributed by atoms with Gasteiger partial charge in [0.2, 0.25) is 0 Å². The molecule has 4 aliphatic rings. The third kappa shape index (κ3) is 4.52. The Morgan fingerprint density at radius 3 is 2.54 bits per heavy atom. The third-order valence-electron chi connectivity index (χ3n) is 10.2. The normalized spacial score (nSPS) is 37.2. The van der Waals surface area contributed by atoms with Gasteiger partial charge in [0.15, 0.2) is 6.61 Å². The van der Waals surface area contributed by atoms with E-state index in [1.54, 1.807) is 12.1 Å². The molecule has 5 rings (SSSR count). The van der Waals surface area contributed by atoms with Crippen molar-refractivity contribution in [1.82, 2.24) is 5.32 Å². The summed E-state index contributed by atoms with van der Waals surface area (Å²) < 4.78 is 0. The van der Waals surface area contributed by atoms with Crippen LogP contribution >= 0.6 is 0 Å².